The van der Waals surface area contributed by atoms with Gasteiger partial charge in [-0.3, -0.25) is 0 Å². The van der Waals surface area contributed by atoms with E-state index in [9.17, 15) is 0 Å². The van der Waals surface area contributed by atoms with Crippen LogP contribution in [-0.2, 0) is 44.0 Å². The van der Waals surface area contributed by atoms with Gasteiger partial charge >= 0.3 is 25.8 Å². The summed E-state index contributed by atoms with van der Waals surface area (Å²) in [6, 6.07) is 34.2. The van der Waals surface area contributed by atoms with Crippen molar-refractivity contribution in [3.63, 3.8) is 0 Å². The van der Waals surface area contributed by atoms with Crippen LogP contribution in [0.2, 0.25) is 12.6 Å². The standard InChI is InChI=1S/C43H53NOSi.2CH3.Hf/c1-8-9-17-32-22-24-34(29-32)46(7,27-15-11-10-14-26-45-43(3,4)5)42-31(2)28-38-35(19-16-20-37(38)42)33-23-25-41-39(30-33)36-18-12-13-21-40(36)44(41)6;;;/h12-13,16,18-25,28-30H,8-11,14-15,17,26-27H2,1-7H3;2*1H3;/q-2;2*-1;+4. The van der Waals surface area contributed by atoms with E-state index in [1.165, 1.54) is 99.4 Å². The predicted octanol–water partition coefficient (Wildman–Crippen LogP) is 11.7. The van der Waals surface area contributed by atoms with Crippen molar-refractivity contribution >= 4 is 51.0 Å². The Hall–Kier alpha value is -2.53. The van der Waals surface area contributed by atoms with Crippen LogP contribution >= 0.6 is 0 Å². The maximum absolute atomic E-state index is 6.00. The summed E-state index contributed by atoms with van der Waals surface area (Å²) in [6.45, 7) is 14.6. The maximum Gasteiger partial charge on any atom is 4.00 e. The molecule has 258 valence electrons. The molecule has 4 heteroatoms. The molecule has 0 spiro atoms. The van der Waals surface area contributed by atoms with Crippen molar-refractivity contribution in [2.75, 3.05) is 6.61 Å². The Bertz CT molecular complexity index is 1950. The molecule has 1 unspecified atom stereocenters. The van der Waals surface area contributed by atoms with E-state index in [1.807, 2.05) is 0 Å². The summed E-state index contributed by atoms with van der Waals surface area (Å²) in [5, 5.41) is 8.81. The minimum atomic E-state index is -2.01. The van der Waals surface area contributed by atoms with Gasteiger partial charge in [-0.25, -0.2) is 6.07 Å². The molecule has 1 aromatic heterocycles. The van der Waals surface area contributed by atoms with Crippen LogP contribution in [0.15, 0.2) is 84.9 Å². The second kappa shape index (κ2) is 17.1. The molecule has 0 amide bonds. The zero-order valence-corrected chi connectivity index (χ0v) is 36.4. The number of hydrogen-bond donors (Lipinski definition) is 0. The first-order valence-corrected chi connectivity index (χ1v) is 20.4. The summed E-state index contributed by atoms with van der Waals surface area (Å²) in [7, 11) is 0.171. The van der Waals surface area contributed by atoms with E-state index in [0.29, 0.717) is 0 Å². The fourth-order valence-electron chi connectivity index (χ4n) is 7.86. The molecule has 6 rings (SSSR count). The van der Waals surface area contributed by atoms with Crippen LogP contribution < -0.4 is 10.4 Å². The third kappa shape index (κ3) is 8.51. The summed E-state index contributed by atoms with van der Waals surface area (Å²) in [6.07, 6.45) is 8.64. The van der Waals surface area contributed by atoms with E-state index in [0.717, 1.165) is 13.0 Å². The molecule has 5 aromatic carbocycles. The molecule has 6 aromatic rings. The molecule has 1 atom stereocenters. The molecule has 0 radical (unpaired) electrons. The van der Waals surface area contributed by atoms with Gasteiger partial charge in [0.2, 0.25) is 0 Å². The molecule has 0 saturated carbocycles. The minimum Gasteiger partial charge on any atom is -0.376 e. The predicted molar refractivity (Wildman–Crippen MR) is 217 cm³/mol. The fraction of sp³-hybridized carbons (Fsp3) is 0.378. The molecule has 0 fully saturated rings. The SMILES string of the molecule is CCCCc1cc[c-]([Si](C)(CCCCCCOC(C)(C)C)[c-]2c(C)cc3c(-c4ccc5c(c4)c4ccccc4n5C)cccc32)c1.[CH3-].[CH3-].[Hf+4]. The molecular formula is C45H59HfNOSi. The summed E-state index contributed by atoms with van der Waals surface area (Å²) >= 11 is 0. The number of para-hydroxylation sites is 1. The minimum absolute atomic E-state index is 0. The molecule has 1 heterocycles. The van der Waals surface area contributed by atoms with Crippen LogP contribution in [0.25, 0.3) is 43.7 Å². The van der Waals surface area contributed by atoms with Gasteiger partial charge in [0.25, 0.3) is 0 Å². The van der Waals surface area contributed by atoms with Crippen LogP contribution in [-0.4, -0.2) is 24.8 Å². The Morgan fingerprint density at radius 3 is 2.29 bits per heavy atom. The average molecular weight is 837 g/mol. The summed E-state index contributed by atoms with van der Waals surface area (Å²) < 4.78 is 8.33. The van der Waals surface area contributed by atoms with Crippen LogP contribution in [0.5, 0.6) is 0 Å². The zero-order valence-electron chi connectivity index (χ0n) is 31.8. The first kappa shape index (κ1) is 40.9. The molecule has 0 saturated heterocycles. The van der Waals surface area contributed by atoms with E-state index < -0.39 is 8.07 Å². The van der Waals surface area contributed by atoms with Gasteiger partial charge in [-0.2, -0.15) is 28.9 Å². The van der Waals surface area contributed by atoms with E-state index >= 15 is 0 Å². The maximum atomic E-state index is 6.00. The molecule has 0 aliphatic carbocycles. The van der Waals surface area contributed by atoms with Crippen LogP contribution in [0, 0.1) is 21.8 Å². The van der Waals surface area contributed by atoms with E-state index in [-0.39, 0.29) is 46.3 Å². The van der Waals surface area contributed by atoms with Gasteiger partial charge in [-0.15, -0.1) is 33.7 Å². The third-order valence-electron chi connectivity index (χ3n) is 10.3. The molecule has 0 aliphatic rings. The average Bonchev–Trinajstić information content (AvgIpc) is 3.73. The number of aryl methyl sites for hydroxylation is 3. The molecule has 0 N–H and O–H groups in total. The normalized spacial score (nSPS) is 12.9. The number of ether oxygens (including phenoxy) is 1. The summed E-state index contributed by atoms with van der Waals surface area (Å²) in [5.41, 5.74) is 8.18. The van der Waals surface area contributed by atoms with Crippen LogP contribution in [0.4, 0.5) is 0 Å². The van der Waals surface area contributed by atoms with E-state index in [2.05, 4.69) is 138 Å². The van der Waals surface area contributed by atoms with Crippen molar-refractivity contribution in [1.82, 2.24) is 4.57 Å². The first-order valence-electron chi connectivity index (χ1n) is 17.7. The van der Waals surface area contributed by atoms with Gasteiger partial charge in [-0.1, -0.05) is 101 Å². The number of rotatable bonds is 13. The van der Waals surface area contributed by atoms with Gasteiger partial charge in [0, 0.05) is 43.5 Å². The molecule has 0 bridgehead atoms. The van der Waals surface area contributed by atoms with Gasteiger partial charge in [-0.05, 0) is 51.0 Å². The second-order valence-corrected chi connectivity index (χ2v) is 19.1. The van der Waals surface area contributed by atoms with Crippen molar-refractivity contribution in [3.8, 4) is 11.1 Å². The topological polar surface area (TPSA) is 14.2 Å². The number of hydrogen-bond acceptors (Lipinski definition) is 1. The van der Waals surface area contributed by atoms with E-state index in [4.69, 9.17) is 4.74 Å². The molecule has 2 nitrogen and oxygen atoms in total. The summed E-state index contributed by atoms with van der Waals surface area (Å²) in [4.78, 5) is 0. The van der Waals surface area contributed by atoms with Crippen LogP contribution in [0.3, 0.4) is 0 Å². The molecular weight excluding hydrogens is 777 g/mol. The number of benzene rings is 3. The Labute approximate surface area is 317 Å². The van der Waals surface area contributed by atoms with Crippen molar-refractivity contribution in [2.45, 2.75) is 97.8 Å². The van der Waals surface area contributed by atoms with Crippen molar-refractivity contribution < 1.29 is 30.6 Å². The van der Waals surface area contributed by atoms with Crippen molar-refractivity contribution in [2.24, 2.45) is 7.05 Å². The van der Waals surface area contributed by atoms with Gasteiger partial charge in [0.15, 0.2) is 0 Å². The van der Waals surface area contributed by atoms with Crippen molar-refractivity contribution in [1.29, 1.82) is 0 Å². The van der Waals surface area contributed by atoms with Crippen molar-refractivity contribution in [3.05, 3.63) is 111 Å². The van der Waals surface area contributed by atoms with Crippen LogP contribution in [0.1, 0.15) is 77.3 Å². The van der Waals surface area contributed by atoms with Gasteiger partial charge in [0.1, 0.15) is 0 Å². The molecule has 0 aliphatic heterocycles. The largest absolute Gasteiger partial charge is 4.00 e. The Morgan fingerprint density at radius 1 is 0.796 bits per heavy atom. The fourth-order valence-corrected chi connectivity index (χ4v) is 12.4. The number of aromatic nitrogens is 1. The Morgan fingerprint density at radius 2 is 1.53 bits per heavy atom. The second-order valence-electron chi connectivity index (χ2n) is 14.8. The van der Waals surface area contributed by atoms with Gasteiger partial charge in [0.05, 0.1) is 5.60 Å². The van der Waals surface area contributed by atoms with Gasteiger partial charge < -0.3 is 24.2 Å². The first-order chi connectivity index (χ1) is 22.1. The third-order valence-corrected chi connectivity index (χ3v) is 15.0. The monoisotopic (exact) mass is 837 g/mol. The van der Waals surface area contributed by atoms with E-state index in [1.54, 1.807) is 10.4 Å². The Balaban J connectivity index is 0.00000217. The number of fused-ring (bicyclic) bond motifs is 4. The summed E-state index contributed by atoms with van der Waals surface area (Å²) in [5.74, 6) is 0. The Kier molecular flexibility index (Phi) is 14.3. The number of unbranched alkanes of at least 4 members (excludes halogenated alkanes) is 4. The smallest absolute Gasteiger partial charge is 0.376 e. The number of nitrogens with zero attached hydrogens (tertiary/aromatic N) is 1. The zero-order chi connectivity index (χ0) is 32.5. The molecule has 49 heavy (non-hydrogen) atoms. The quantitative estimate of drug-likeness (QED) is 0.0642.